The molecule has 0 radical (unpaired) electrons. The Labute approximate surface area is 241 Å². The molecular weight excluding hydrogens is 548 g/mol. The van der Waals surface area contributed by atoms with Gasteiger partial charge in [0.25, 0.3) is 5.91 Å². The minimum absolute atomic E-state index is 0.0576. The zero-order valence-corrected chi connectivity index (χ0v) is 24.3. The first-order chi connectivity index (χ1) is 19.1. The number of rotatable bonds is 0. The summed E-state index contributed by atoms with van der Waals surface area (Å²) < 4.78 is 34.5. The second-order valence-corrected chi connectivity index (χ2v) is 14.4. The lowest BCUT2D eigenvalue weighted by molar-refractivity contribution is -0.122. The molecule has 1 saturated carbocycles. The van der Waals surface area contributed by atoms with Gasteiger partial charge in [-0.15, -0.1) is 0 Å². The van der Waals surface area contributed by atoms with Crippen LogP contribution >= 0.6 is 11.6 Å². The molecule has 212 valence electrons. The number of anilines is 1. The molecule has 9 heteroatoms. The number of sulfonamides is 1. The van der Waals surface area contributed by atoms with Crippen LogP contribution in [0.1, 0.15) is 66.9 Å². The highest BCUT2D eigenvalue weighted by atomic mass is 35.5. The molecule has 0 unspecified atom stereocenters. The van der Waals surface area contributed by atoms with Gasteiger partial charge in [-0.2, -0.15) is 0 Å². The van der Waals surface area contributed by atoms with E-state index in [1.807, 2.05) is 6.07 Å². The minimum atomic E-state index is -3.88. The molecule has 1 fully saturated rings. The lowest BCUT2D eigenvalue weighted by atomic mass is 9.68. The third-order valence-electron chi connectivity index (χ3n) is 9.32. The van der Waals surface area contributed by atoms with E-state index in [0.29, 0.717) is 38.3 Å². The van der Waals surface area contributed by atoms with Gasteiger partial charge in [0.05, 0.1) is 17.5 Å². The molecule has 4 atom stereocenters. The van der Waals surface area contributed by atoms with Crippen molar-refractivity contribution in [2.45, 2.75) is 62.5 Å². The second kappa shape index (κ2) is 10.5. The third kappa shape index (κ3) is 5.05. The minimum Gasteiger partial charge on any atom is -0.490 e. The Hall–Kier alpha value is -2.84. The van der Waals surface area contributed by atoms with Gasteiger partial charge in [0.1, 0.15) is 5.75 Å². The van der Waals surface area contributed by atoms with Crippen LogP contribution < -0.4 is 14.4 Å². The Bertz CT molecular complexity index is 1490. The van der Waals surface area contributed by atoms with Crippen LogP contribution in [0, 0.1) is 11.8 Å². The van der Waals surface area contributed by atoms with Crippen LogP contribution in [0.5, 0.6) is 5.75 Å². The van der Waals surface area contributed by atoms with Crippen LogP contribution in [0.3, 0.4) is 0 Å². The molecule has 2 heterocycles. The van der Waals surface area contributed by atoms with Crippen molar-refractivity contribution in [2.75, 3.05) is 24.6 Å². The molecule has 2 aromatic carbocycles. The number of carbonyl (C=O) groups excluding carboxylic acids is 2. The predicted molar refractivity (Wildman–Crippen MR) is 156 cm³/mol. The van der Waals surface area contributed by atoms with Crippen molar-refractivity contribution in [2.24, 2.45) is 11.8 Å². The number of nitrogens with zero attached hydrogens (tertiary/aromatic N) is 1. The number of benzene rings is 2. The van der Waals surface area contributed by atoms with E-state index >= 15 is 0 Å². The number of hydrogen-bond acceptors (Lipinski definition) is 6. The number of carbonyl (C=O) groups is 2. The predicted octanol–water partition coefficient (Wildman–Crippen LogP) is 5.21. The fourth-order valence-corrected chi connectivity index (χ4v) is 8.02. The van der Waals surface area contributed by atoms with E-state index in [-0.39, 0.29) is 28.6 Å². The van der Waals surface area contributed by atoms with Gasteiger partial charge < -0.3 is 9.64 Å². The Balaban J connectivity index is 1.43. The molecule has 2 aliphatic carbocycles. The molecular formula is C31H35ClN2O5S. The number of fused-ring (bicyclic) bond motifs is 4. The van der Waals surface area contributed by atoms with E-state index in [1.165, 1.54) is 11.1 Å². The van der Waals surface area contributed by atoms with E-state index in [1.54, 1.807) is 37.3 Å². The average Bonchev–Trinajstić information content (AvgIpc) is 3.05. The summed E-state index contributed by atoms with van der Waals surface area (Å²) in [6.07, 6.45) is 8.92. The van der Waals surface area contributed by atoms with Crippen LogP contribution in [0.25, 0.3) is 0 Å². The van der Waals surface area contributed by atoms with E-state index < -0.39 is 21.2 Å². The maximum absolute atomic E-state index is 13.2. The Morgan fingerprint density at radius 1 is 1.10 bits per heavy atom. The fourth-order valence-electron chi connectivity index (χ4n) is 6.80. The number of hydrogen-bond donors (Lipinski definition) is 1. The lowest BCUT2D eigenvalue weighted by Crippen LogP contribution is -2.49. The fraction of sp³-hybridized carbons (Fsp3) is 0.484. The number of ether oxygens (including phenoxy) is 1. The Kier molecular flexibility index (Phi) is 7.20. The number of nitrogens with one attached hydrogen (secondary N) is 1. The summed E-state index contributed by atoms with van der Waals surface area (Å²) >= 11 is 6.36. The van der Waals surface area contributed by atoms with Gasteiger partial charge in [-0.1, -0.05) is 23.7 Å². The third-order valence-corrected chi connectivity index (χ3v) is 11.3. The number of allylic oxidation sites excluding steroid dienone is 2. The van der Waals surface area contributed by atoms with Crippen molar-refractivity contribution >= 4 is 39.0 Å². The zero-order valence-electron chi connectivity index (χ0n) is 22.7. The van der Waals surface area contributed by atoms with Gasteiger partial charge in [0.2, 0.25) is 10.0 Å². The molecule has 40 heavy (non-hydrogen) atoms. The highest BCUT2D eigenvalue weighted by molar-refractivity contribution is 7.90. The Morgan fingerprint density at radius 3 is 2.75 bits per heavy atom. The lowest BCUT2D eigenvalue weighted by Gasteiger charge is -2.44. The molecule has 2 aromatic rings. The van der Waals surface area contributed by atoms with Gasteiger partial charge in [-0.3, -0.25) is 9.59 Å². The largest absolute Gasteiger partial charge is 0.490 e. The van der Waals surface area contributed by atoms with Gasteiger partial charge in [-0.05, 0) is 105 Å². The van der Waals surface area contributed by atoms with Crippen molar-refractivity contribution < 1.29 is 22.7 Å². The standard InChI is InChI=1S/C31H35ClN2O5S/c1-20-5-2-3-7-28(35)25-11-8-23(25)17-34-18-31(14-4-6-21-15-24(32)10-12-26(21)31)19-39-29-13-9-22(16-27(29)34)30(36)33-40(20,37)38/h3,7,9-10,12-13,15-16,20,23,25H,2,4-6,8,11,14,17-19H2,1H3,(H,33,36)/b7-3+/t20-,23+,25-,31+/m1/s1. The molecule has 2 bridgehead atoms. The maximum atomic E-state index is 13.2. The van der Waals surface area contributed by atoms with Crippen LogP contribution in [0.15, 0.2) is 48.6 Å². The Morgan fingerprint density at radius 2 is 1.95 bits per heavy atom. The molecule has 4 aliphatic rings. The zero-order chi connectivity index (χ0) is 28.1. The number of halogens is 1. The SMILES string of the molecule is C[C@@H]1CC/C=C/C(=O)[C@@H]2CC[C@H]2CN2C[C@@]3(CCCc4cc(Cl)ccc43)COc3ccc(cc32)C(=O)NS1(=O)=O. The van der Waals surface area contributed by atoms with E-state index in [4.69, 9.17) is 16.3 Å². The maximum Gasteiger partial charge on any atom is 0.264 e. The first-order valence-electron chi connectivity index (χ1n) is 14.2. The second-order valence-electron chi connectivity index (χ2n) is 11.9. The molecule has 7 nitrogen and oxygen atoms in total. The number of ketones is 1. The monoisotopic (exact) mass is 582 g/mol. The summed E-state index contributed by atoms with van der Waals surface area (Å²) in [4.78, 5) is 28.6. The van der Waals surface area contributed by atoms with Crippen LogP contribution in [-0.2, 0) is 26.7 Å². The topological polar surface area (TPSA) is 92.8 Å². The number of aryl methyl sites for hydroxylation is 1. The van der Waals surface area contributed by atoms with E-state index in [9.17, 15) is 18.0 Å². The van der Waals surface area contributed by atoms with Crippen LogP contribution in [0.4, 0.5) is 5.69 Å². The van der Waals surface area contributed by atoms with Crippen molar-refractivity contribution in [3.05, 3.63) is 70.3 Å². The quantitative estimate of drug-likeness (QED) is 0.459. The van der Waals surface area contributed by atoms with Crippen molar-refractivity contribution in [1.29, 1.82) is 0 Å². The first-order valence-corrected chi connectivity index (χ1v) is 16.1. The average molecular weight is 583 g/mol. The molecule has 1 spiro atoms. The summed E-state index contributed by atoms with van der Waals surface area (Å²) in [5, 5.41) is -0.0524. The van der Waals surface area contributed by atoms with Gasteiger partial charge in [0.15, 0.2) is 5.78 Å². The first kappa shape index (κ1) is 27.3. The molecule has 6 rings (SSSR count). The van der Waals surface area contributed by atoms with Crippen molar-refractivity contribution in [3.8, 4) is 5.75 Å². The van der Waals surface area contributed by atoms with Crippen LogP contribution in [0.2, 0.25) is 5.02 Å². The summed E-state index contributed by atoms with van der Waals surface area (Å²) in [6, 6.07) is 11.3. The smallest absolute Gasteiger partial charge is 0.264 e. The van der Waals surface area contributed by atoms with Crippen molar-refractivity contribution in [3.63, 3.8) is 0 Å². The highest BCUT2D eigenvalue weighted by Crippen LogP contribution is 2.46. The molecule has 0 aromatic heterocycles. The summed E-state index contributed by atoms with van der Waals surface area (Å²) in [5.41, 5.74) is 3.23. The van der Waals surface area contributed by atoms with Crippen LogP contribution in [-0.4, -0.2) is 45.1 Å². The van der Waals surface area contributed by atoms with Crippen molar-refractivity contribution in [1.82, 2.24) is 4.72 Å². The summed E-state index contributed by atoms with van der Waals surface area (Å²) in [6.45, 7) is 3.39. The normalized spacial score (nSPS) is 30.6. The molecule has 1 amide bonds. The van der Waals surface area contributed by atoms with E-state index in [0.717, 1.165) is 42.8 Å². The molecule has 0 saturated heterocycles. The summed E-state index contributed by atoms with van der Waals surface area (Å²) in [5.74, 6) is 0.259. The van der Waals surface area contributed by atoms with E-state index in [2.05, 4.69) is 21.8 Å². The number of amides is 1. The molecule has 2 aliphatic heterocycles. The van der Waals surface area contributed by atoms with Gasteiger partial charge in [-0.25, -0.2) is 13.1 Å². The van der Waals surface area contributed by atoms with Gasteiger partial charge >= 0.3 is 0 Å². The molecule has 1 N–H and O–H groups in total. The van der Waals surface area contributed by atoms with Gasteiger partial charge in [0, 0.05) is 35.0 Å². The highest BCUT2D eigenvalue weighted by Gasteiger charge is 2.44. The summed E-state index contributed by atoms with van der Waals surface area (Å²) in [7, 11) is -3.88.